The molecule has 0 saturated carbocycles. The maximum Gasteiger partial charge on any atom is 0.256 e. The number of aromatic nitrogens is 1. The van der Waals surface area contributed by atoms with Gasteiger partial charge in [-0.1, -0.05) is 18.2 Å². The van der Waals surface area contributed by atoms with Gasteiger partial charge >= 0.3 is 0 Å². The lowest BCUT2D eigenvalue weighted by atomic mass is 9.96. The van der Waals surface area contributed by atoms with Crippen LogP contribution < -0.4 is 5.32 Å². The highest BCUT2D eigenvalue weighted by Gasteiger charge is 2.26. The van der Waals surface area contributed by atoms with Crippen molar-refractivity contribution in [1.82, 2.24) is 4.57 Å². The number of hydrogen-bond donors (Lipinski definition) is 1. The molecule has 2 aliphatic rings. The van der Waals surface area contributed by atoms with Crippen LogP contribution in [0.5, 0.6) is 0 Å². The topological polar surface area (TPSA) is 57.8 Å². The van der Waals surface area contributed by atoms with Crippen LogP contribution in [0.3, 0.4) is 0 Å². The molecular weight excluding hydrogens is 378 g/mol. The number of rotatable bonds is 2. The van der Waals surface area contributed by atoms with Gasteiger partial charge in [-0.15, -0.1) is 11.3 Å². The minimum Gasteiger partial charge on any atom is -0.321 e. The molecule has 5 rings (SSSR count). The molecule has 1 aromatic carbocycles. The van der Waals surface area contributed by atoms with Gasteiger partial charge in [0, 0.05) is 33.1 Å². The molecule has 1 N–H and O–H groups in total. The molecule has 5 heteroatoms. The fourth-order valence-electron chi connectivity index (χ4n) is 4.51. The molecule has 0 spiro atoms. The largest absolute Gasteiger partial charge is 0.321 e. The van der Waals surface area contributed by atoms with Gasteiger partial charge in [0.15, 0.2) is 0 Å². The van der Waals surface area contributed by atoms with Crippen LogP contribution in [0.4, 0.5) is 5.69 Å². The summed E-state index contributed by atoms with van der Waals surface area (Å²) >= 11 is 1.75. The number of anilines is 1. The Morgan fingerprint density at radius 1 is 1.21 bits per heavy atom. The molecule has 2 aromatic heterocycles. The van der Waals surface area contributed by atoms with E-state index >= 15 is 0 Å². The van der Waals surface area contributed by atoms with Crippen molar-refractivity contribution in [3.05, 3.63) is 68.9 Å². The number of aryl methyl sites for hydroxylation is 2. The molecule has 3 aromatic rings. The van der Waals surface area contributed by atoms with Crippen LogP contribution >= 0.6 is 11.3 Å². The molecule has 4 nitrogen and oxygen atoms in total. The smallest absolute Gasteiger partial charge is 0.256 e. The van der Waals surface area contributed by atoms with Crippen molar-refractivity contribution in [3.63, 3.8) is 0 Å². The highest BCUT2D eigenvalue weighted by molar-refractivity contribution is 7.15. The van der Waals surface area contributed by atoms with Crippen molar-refractivity contribution >= 4 is 34.6 Å². The van der Waals surface area contributed by atoms with Crippen LogP contribution in [0.15, 0.2) is 30.3 Å². The molecule has 0 radical (unpaired) electrons. The second kappa shape index (κ2) is 6.75. The third-order valence-corrected chi connectivity index (χ3v) is 7.22. The normalized spacial score (nSPS) is 16.4. The summed E-state index contributed by atoms with van der Waals surface area (Å²) in [6, 6.07) is 12.3. The summed E-state index contributed by atoms with van der Waals surface area (Å²) in [6.45, 7) is 4.13. The van der Waals surface area contributed by atoms with Gasteiger partial charge in [-0.2, -0.15) is 5.26 Å². The number of amides is 1. The zero-order valence-corrected chi connectivity index (χ0v) is 17.3. The summed E-state index contributed by atoms with van der Waals surface area (Å²) in [5.41, 5.74) is 7.71. The Balaban J connectivity index is 1.65. The second-order valence-electron chi connectivity index (χ2n) is 7.72. The van der Waals surface area contributed by atoms with E-state index in [1.807, 2.05) is 30.3 Å². The minimum absolute atomic E-state index is 0.0692. The number of nitriles is 1. The third-order valence-electron chi connectivity index (χ3n) is 5.95. The van der Waals surface area contributed by atoms with Crippen molar-refractivity contribution in [1.29, 1.82) is 5.26 Å². The summed E-state index contributed by atoms with van der Waals surface area (Å²) < 4.78 is 2.19. The molecule has 0 fully saturated rings. The number of nitrogens with one attached hydrogen (secondary N) is 1. The summed E-state index contributed by atoms with van der Waals surface area (Å²) in [4.78, 5) is 13.9. The number of nitrogens with zero attached hydrogens (tertiary/aromatic N) is 2. The van der Waals surface area contributed by atoms with Crippen molar-refractivity contribution < 1.29 is 4.79 Å². The van der Waals surface area contributed by atoms with E-state index in [2.05, 4.69) is 35.9 Å². The standard InChI is InChI=1S/C24H21N3OS/c1-14-11-16(12-19-17-7-3-5-9-21(17)26-23(19)28)15(2)27(14)24-20(13-25)18-8-4-6-10-22(18)29-24/h3,5,7,9,11-12H,4,6,8,10H2,1-2H3,(H,26,28)/b19-12+. The SMILES string of the molecule is Cc1cc(/C=C2/C(=O)Nc3ccccc32)c(C)n1-c1sc2c(c1C#N)CCCC2. The monoisotopic (exact) mass is 399 g/mol. The van der Waals surface area contributed by atoms with Gasteiger partial charge in [-0.3, -0.25) is 4.79 Å². The predicted molar refractivity (Wildman–Crippen MR) is 117 cm³/mol. The number of benzene rings is 1. The van der Waals surface area contributed by atoms with E-state index in [0.29, 0.717) is 5.57 Å². The Kier molecular flexibility index (Phi) is 4.18. The highest BCUT2D eigenvalue weighted by Crippen LogP contribution is 2.39. The van der Waals surface area contributed by atoms with E-state index in [1.165, 1.54) is 16.9 Å². The molecule has 1 aliphatic heterocycles. The van der Waals surface area contributed by atoms with Crippen molar-refractivity contribution in [2.24, 2.45) is 0 Å². The Labute approximate surface area is 174 Å². The molecule has 0 unspecified atom stereocenters. The van der Waals surface area contributed by atoms with E-state index in [4.69, 9.17) is 0 Å². The number of thiophene rings is 1. The van der Waals surface area contributed by atoms with Crippen LogP contribution in [0.2, 0.25) is 0 Å². The number of carbonyl (C=O) groups is 1. The molecule has 0 saturated heterocycles. The fourth-order valence-corrected chi connectivity index (χ4v) is 5.96. The molecule has 3 heterocycles. The van der Waals surface area contributed by atoms with E-state index in [1.54, 1.807) is 11.3 Å². The molecule has 144 valence electrons. The lowest BCUT2D eigenvalue weighted by Crippen LogP contribution is -2.04. The Bertz CT molecular complexity index is 1240. The Morgan fingerprint density at radius 3 is 2.83 bits per heavy atom. The molecular formula is C24H21N3OS. The molecule has 0 bridgehead atoms. The van der Waals surface area contributed by atoms with Gasteiger partial charge in [-0.25, -0.2) is 0 Å². The first-order chi connectivity index (χ1) is 14.1. The van der Waals surface area contributed by atoms with Crippen molar-refractivity contribution in [2.75, 3.05) is 5.32 Å². The van der Waals surface area contributed by atoms with Crippen LogP contribution in [0.25, 0.3) is 16.7 Å². The third kappa shape index (κ3) is 2.75. The molecule has 29 heavy (non-hydrogen) atoms. The van der Waals surface area contributed by atoms with Gasteiger partial charge in [0.1, 0.15) is 11.1 Å². The van der Waals surface area contributed by atoms with E-state index in [0.717, 1.165) is 58.0 Å². The van der Waals surface area contributed by atoms with E-state index < -0.39 is 0 Å². The first-order valence-electron chi connectivity index (χ1n) is 9.95. The lowest BCUT2D eigenvalue weighted by molar-refractivity contribution is -0.110. The maximum absolute atomic E-state index is 12.5. The highest BCUT2D eigenvalue weighted by atomic mass is 32.1. The van der Waals surface area contributed by atoms with E-state index in [-0.39, 0.29) is 5.91 Å². The van der Waals surface area contributed by atoms with Gasteiger partial charge in [0.05, 0.1) is 5.56 Å². The summed E-state index contributed by atoms with van der Waals surface area (Å²) in [6.07, 6.45) is 6.41. The van der Waals surface area contributed by atoms with Gasteiger partial charge in [0.2, 0.25) is 0 Å². The zero-order chi connectivity index (χ0) is 20.1. The fraction of sp³-hybridized carbons (Fsp3) is 0.250. The number of hydrogen-bond acceptors (Lipinski definition) is 3. The first-order valence-corrected chi connectivity index (χ1v) is 10.8. The average molecular weight is 400 g/mol. The van der Waals surface area contributed by atoms with Crippen LogP contribution in [-0.4, -0.2) is 10.5 Å². The number of para-hydroxylation sites is 1. The van der Waals surface area contributed by atoms with Gasteiger partial charge in [0.25, 0.3) is 5.91 Å². The minimum atomic E-state index is -0.0692. The Morgan fingerprint density at radius 2 is 2.00 bits per heavy atom. The van der Waals surface area contributed by atoms with Crippen molar-refractivity contribution in [3.8, 4) is 11.1 Å². The number of carbonyl (C=O) groups excluding carboxylic acids is 1. The van der Waals surface area contributed by atoms with E-state index in [9.17, 15) is 10.1 Å². The Hall–Kier alpha value is -3.10. The average Bonchev–Trinajstić information content (AvgIpc) is 3.33. The second-order valence-corrected chi connectivity index (χ2v) is 8.81. The quantitative estimate of drug-likeness (QED) is 0.587. The predicted octanol–water partition coefficient (Wildman–Crippen LogP) is 5.40. The van der Waals surface area contributed by atoms with Gasteiger partial charge < -0.3 is 9.88 Å². The van der Waals surface area contributed by atoms with Crippen LogP contribution in [0, 0.1) is 25.2 Å². The van der Waals surface area contributed by atoms with Crippen molar-refractivity contribution in [2.45, 2.75) is 39.5 Å². The lowest BCUT2D eigenvalue weighted by Gasteiger charge is -2.10. The van der Waals surface area contributed by atoms with Gasteiger partial charge in [-0.05, 0) is 68.9 Å². The first kappa shape index (κ1) is 18.0. The summed E-state index contributed by atoms with van der Waals surface area (Å²) in [5.74, 6) is -0.0692. The summed E-state index contributed by atoms with van der Waals surface area (Å²) in [7, 11) is 0. The van der Waals surface area contributed by atoms with Crippen LogP contribution in [0.1, 0.15) is 51.4 Å². The van der Waals surface area contributed by atoms with Crippen LogP contribution in [-0.2, 0) is 17.6 Å². The maximum atomic E-state index is 12.5. The molecule has 1 aliphatic carbocycles. The molecule has 1 amide bonds. The molecule has 0 atom stereocenters. The zero-order valence-electron chi connectivity index (χ0n) is 16.5. The number of fused-ring (bicyclic) bond motifs is 2. The summed E-state index contributed by atoms with van der Waals surface area (Å²) in [5, 5.41) is 13.8.